The van der Waals surface area contributed by atoms with Crippen LogP contribution in [0.25, 0.3) is 0 Å². The van der Waals surface area contributed by atoms with Gasteiger partial charge < -0.3 is 5.73 Å². The van der Waals surface area contributed by atoms with Crippen LogP contribution in [-0.2, 0) is 6.42 Å². The molecule has 1 aromatic carbocycles. The van der Waals surface area contributed by atoms with Gasteiger partial charge in [0.25, 0.3) is 0 Å². The Morgan fingerprint density at radius 1 is 1.47 bits per heavy atom. The van der Waals surface area contributed by atoms with E-state index >= 15 is 0 Å². The van der Waals surface area contributed by atoms with Crippen LogP contribution in [0.1, 0.15) is 17.5 Å². The Hall–Kier alpha value is -0.860. The summed E-state index contributed by atoms with van der Waals surface area (Å²) in [5, 5.41) is 0. The van der Waals surface area contributed by atoms with Crippen LogP contribution in [0, 0.1) is 12.7 Å². The van der Waals surface area contributed by atoms with Crippen molar-refractivity contribution in [2.24, 2.45) is 5.73 Å². The van der Waals surface area contributed by atoms with Gasteiger partial charge in [-0.1, -0.05) is 17.7 Å². The molecule has 0 aromatic heterocycles. The molecule has 3 heteroatoms. The Balaban J connectivity index is 2.65. The molecule has 0 saturated heterocycles. The Morgan fingerprint density at radius 2 is 2.20 bits per heavy atom. The van der Waals surface area contributed by atoms with Crippen molar-refractivity contribution in [3.05, 3.63) is 46.3 Å². The highest BCUT2D eigenvalue weighted by atomic mass is 35.5. The van der Waals surface area contributed by atoms with Crippen molar-refractivity contribution in [1.29, 1.82) is 0 Å². The molecule has 0 fully saturated rings. The van der Waals surface area contributed by atoms with Gasteiger partial charge in [-0.25, -0.2) is 4.39 Å². The number of hydrogen-bond acceptors (Lipinski definition) is 1. The summed E-state index contributed by atoms with van der Waals surface area (Å²) in [6, 6.07) is 5.05. The lowest BCUT2D eigenvalue weighted by molar-refractivity contribution is 0.624. The van der Waals surface area contributed by atoms with E-state index in [0.717, 1.165) is 29.5 Å². The number of benzene rings is 1. The SMILES string of the molecule is Cc1cc(F)cc(CCC(=CCl)CN)c1. The van der Waals surface area contributed by atoms with Crippen molar-refractivity contribution in [1.82, 2.24) is 0 Å². The summed E-state index contributed by atoms with van der Waals surface area (Å²) < 4.78 is 13.1. The molecule has 0 bridgehead atoms. The van der Waals surface area contributed by atoms with Crippen molar-refractivity contribution >= 4 is 11.6 Å². The quantitative estimate of drug-likeness (QED) is 0.840. The van der Waals surface area contributed by atoms with Crippen LogP contribution in [0.15, 0.2) is 29.3 Å². The third kappa shape index (κ3) is 4.02. The fourth-order valence-electron chi connectivity index (χ4n) is 1.46. The summed E-state index contributed by atoms with van der Waals surface area (Å²) in [5.74, 6) is -0.186. The molecule has 0 radical (unpaired) electrons. The maximum absolute atomic E-state index is 13.1. The van der Waals surface area contributed by atoms with E-state index in [4.69, 9.17) is 17.3 Å². The Labute approximate surface area is 94.7 Å². The summed E-state index contributed by atoms with van der Waals surface area (Å²) in [4.78, 5) is 0. The minimum Gasteiger partial charge on any atom is -0.327 e. The second-order valence-corrected chi connectivity index (χ2v) is 3.83. The number of aryl methyl sites for hydroxylation is 2. The van der Waals surface area contributed by atoms with Gasteiger partial charge in [0.05, 0.1) is 0 Å². The molecule has 0 heterocycles. The lowest BCUT2D eigenvalue weighted by atomic mass is 10.0. The largest absolute Gasteiger partial charge is 0.327 e. The lowest BCUT2D eigenvalue weighted by Crippen LogP contribution is -2.03. The Morgan fingerprint density at radius 3 is 2.73 bits per heavy atom. The zero-order chi connectivity index (χ0) is 11.3. The van der Waals surface area contributed by atoms with E-state index in [9.17, 15) is 4.39 Å². The topological polar surface area (TPSA) is 26.0 Å². The Bertz CT molecular complexity index is 340. The average Bonchev–Trinajstić information content (AvgIpc) is 2.18. The average molecular weight is 228 g/mol. The van der Waals surface area contributed by atoms with Gasteiger partial charge in [-0.3, -0.25) is 0 Å². The number of halogens is 2. The van der Waals surface area contributed by atoms with E-state index in [0.29, 0.717) is 6.54 Å². The molecule has 1 rings (SSSR count). The molecule has 0 amide bonds. The minimum atomic E-state index is -0.186. The molecule has 0 aliphatic rings. The molecule has 0 spiro atoms. The number of nitrogens with two attached hydrogens (primary N) is 1. The highest BCUT2D eigenvalue weighted by Crippen LogP contribution is 2.13. The minimum absolute atomic E-state index is 0.186. The second kappa shape index (κ2) is 5.89. The molecule has 0 unspecified atom stereocenters. The highest BCUT2D eigenvalue weighted by molar-refractivity contribution is 6.25. The van der Waals surface area contributed by atoms with E-state index in [1.54, 1.807) is 6.07 Å². The van der Waals surface area contributed by atoms with Gasteiger partial charge in [0.2, 0.25) is 0 Å². The molecule has 0 saturated carbocycles. The third-order valence-corrected chi connectivity index (χ3v) is 2.56. The summed E-state index contributed by atoms with van der Waals surface area (Å²) in [6.07, 6.45) is 1.55. The van der Waals surface area contributed by atoms with Crippen molar-refractivity contribution in [2.75, 3.05) is 6.54 Å². The summed E-state index contributed by atoms with van der Waals surface area (Å²) >= 11 is 5.58. The summed E-state index contributed by atoms with van der Waals surface area (Å²) in [6.45, 7) is 2.34. The van der Waals surface area contributed by atoms with Crippen LogP contribution in [0.4, 0.5) is 4.39 Å². The van der Waals surface area contributed by atoms with Gasteiger partial charge in [0.15, 0.2) is 0 Å². The van der Waals surface area contributed by atoms with Gasteiger partial charge in [-0.15, -0.1) is 0 Å². The van der Waals surface area contributed by atoms with Crippen molar-refractivity contribution < 1.29 is 4.39 Å². The summed E-state index contributed by atoms with van der Waals surface area (Å²) in [7, 11) is 0. The van der Waals surface area contributed by atoms with E-state index in [1.165, 1.54) is 11.6 Å². The van der Waals surface area contributed by atoms with Crippen LogP contribution < -0.4 is 5.73 Å². The highest BCUT2D eigenvalue weighted by Gasteiger charge is 2.00. The fraction of sp³-hybridized carbons (Fsp3) is 0.333. The maximum Gasteiger partial charge on any atom is 0.123 e. The van der Waals surface area contributed by atoms with E-state index < -0.39 is 0 Å². The third-order valence-electron chi connectivity index (χ3n) is 2.25. The molecule has 0 aliphatic carbocycles. The fourth-order valence-corrected chi connectivity index (χ4v) is 1.66. The first kappa shape index (κ1) is 12.2. The maximum atomic E-state index is 13.1. The first-order chi connectivity index (χ1) is 7.15. The molecule has 1 nitrogen and oxygen atoms in total. The molecule has 2 N–H and O–H groups in total. The number of hydrogen-bond donors (Lipinski definition) is 1. The van der Waals surface area contributed by atoms with Gasteiger partial charge in [-0.2, -0.15) is 0 Å². The normalized spacial score (nSPS) is 11.9. The molecular weight excluding hydrogens is 213 g/mol. The van der Waals surface area contributed by atoms with Crippen molar-refractivity contribution in [3.8, 4) is 0 Å². The monoisotopic (exact) mass is 227 g/mol. The van der Waals surface area contributed by atoms with Gasteiger partial charge in [-0.05, 0) is 48.6 Å². The smallest absolute Gasteiger partial charge is 0.123 e. The van der Waals surface area contributed by atoms with Gasteiger partial charge >= 0.3 is 0 Å². The first-order valence-electron chi connectivity index (χ1n) is 4.90. The van der Waals surface area contributed by atoms with Crippen LogP contribution in [0.2, 0.25) is 0 Å². The molecule has 1 aromatic rings. The molecule has 15 heavy (non-hydrogen) atoms. The van der Waals surface area contributed by atoms with E-state index in [-0.39, 0.29) is 5.82 Å². The predicted octanol–water partition coefficient (Wildman–Crippen LogP) is 3.15. The molecule has 0 atom stereocenters. The van der Waals surface area contributed by atoms with Crippen molar-refractivity contribution in [2.45, 2.75) is 19.8 Å². The zero-order valence-electron chi connectivity index (χ0n) is 8.76. The molecule has 82 valence electrons. The zero-order valence-corrected chi connectivity index (χ0v) is 9.52. The Kier molecular flexibility index (Phi) is 4.79. The van der Waals surface area contributed by atoms with Crippen LogP contribution in [0.3, 0.4) is 0 Å². The second-order valence-electron chi connectivity index (χ2n) is 3.61. The van der Waals surface area contributed by atoms with Gasteiger partial charge in [0, 0.05) is 12.1 Å². The van der Waals surface area contributed by atoms with Gasteiger partial charge in [0.1, 0.15) is 5.82 Å². The van der Waals surface area contributed by atoms with Crippen molar-refractivity contribution in [3.63, 3.8) is 0 Å². The summed E-state index contributed by atoms with van der Waals surface area (Å²) in [5.41, 5.74) is 9.89. The number of rotatable bonds is 4. The van der Waals surface area contributed by atoms with E-state index in [2.05, 4.69) is 0 Å². The lowest BCUT2D eigenvalue weighted by Gasteiger charge is -2.05. The predicted molar refractivity (Wildman–Crippen MR) is 62.4 cm³/mol. The first-order valence-corrected chi connectivity index (χ1v) is 5.33. The molecular formula is C12H15ClFN. The van der Waals surface area contributed by atoms with Crippen LogP contribution in [-0.4, -0.2) is 6.54 Å². The van der Waals surface area contributed by atoms with Crippen LogP contribution >= 0.6 is 11.6 Å². The molecule has 0 aliphatic heterocycles. The standard InChI is InChI=1S/C12H15ClFN/c1-9-4-10(6-12(14)5-9)2-3-11(7-13)8-15/h4-7H,2-3,8,15H2,1H3. The van der Waals surface area contributed by atoms with Crippen LogP contribution in [0.5, 0.6) is 0 Å². The van der Waals surface area contributed by atoms with E-state index in [1.807, 2.05) is 13.0 Å².